The van der Waals surface area contributed by atoms with Gasteiger partial charge in [0.25, 0.3) is 0 Å². The third kappa shape index (κ3) is 18.5. The first-order chi connectivity index (χ1) is 0. The van der Waals surface area contributed by atoms with Crippen molar-refractivity contribution in [3.63, 3.8) is 0 Å². The van der Waals surface area contributed by atoms with Crippen LogP contribution in [0.15, 0.2) is 0 Å². The molecule has 0 fully saturated rings. The van der Waals surface area contributed by atoms with E-state index in [0.717, 1.165) is 0 Å². The number of rotatable bonds is 0. The topological polar surface area (TPSA) is 0 Å². The molecule has 0 spiro atoms. The predicted octanol–water partition coefficient (Wildman–Crippen LogP) is 0.836. The molecule has 0 aliphatic carbocycles. The summed E-state index contributed by atoms with van der Waals surface area (Å²) >= 11 is 0. The van der Waals surface area contributed by atoms with Crippen LogP contribution in [0, 0.1) is 0 Å². The molecule has 26 valence electrons. The first kappa shape index (κ1) is 39.0. The Morgan fingerprint density at radius 1 is 0.600 bits per heavy atom. The smallest absolute Gasteiger partial charge is 0 e. The molecule has 0 saturated heterocycles. The molecular weight excluding hydrogens is 297 g/mol. The van der Waals surface area contributed by atoms with E-state index >= 15 is 0 Å². The second-order valence-electron chi connectivity index (χ2n) is 0. The van der Waals surface area contributed by atoms with Gasteiger partial charge in [0.15, 0.2) is 0 Å². The summed E-state index contributed by atoms with van der Waals surface area (Å²) < 4.78 is 0. The molecule has 0 N–H and O–H groups in total. The Labute approximate surface area is 109 Å². The third-order valence-corrected chi connectivity index (χ3v) is 0. The first-order valence-electron chi connectivity index (χ1n) is 0. The van der Waals surface area contributed by atoms with Crippen LogP contribution < -0.4 is 0 Å². The first-order valence-corrected chi connectivity index (χ1v) is 0. The summed E-state index contributed by atoms with van der Waals surface area (Å²) in [4.78, 5) is 0. The number of halogens is 2. The number of hydrogen-bond donors (Lipinski definition) is 0. The Hall–Kier alpha value is 3.50. The van der Waals surface area contributed by atoms with Crippen LogP contribution in [-0.2, 0) is 87.1 Å². The van der Waals surface area contributed by atoms with Gasteiger partial charge in [-0.15, -0.1) is 24.8 Å². The Bertz CT molecular complexity index is 7.61. The van der Waals surface area contributed by atoms with Gasteiger partial charge in [0.05, 0.1) is 0 Å². The minimum atomic E-state index is 0. The van der Waals surface area contributed by atoms with Crippen molar-refractivity contribution in [1.29, 1.82) is 0 Å². The van der Waals surface area contributed by atoms with Gasteiger partial charge in [-0.2, -0.15) is 0 Å². The Balaban J connectivity index is 0. The van der Waals surface area contributed by atoms with Crippen molar-refractivity contribution in [3.05, 3.63) is 0 Å². The maximum absolute atomic E-state index is 0. The van der Waals surface area contributed by atoms with Gasteiger partial charge in [-0.05, 0) is 0 Å². The van der Waals surface area contributed by atoms with Crippen molar-refractivity contribution in [2.75, 3.05) is 0 Å². The van der Waals surface area contributed by atoms with Crippen molar-refractivity contribution < 1.29 is 87.1 Å². The summed E-state index contributed by atoms with van der Waals surface area (Å²) in [5, 5.41) is 0. The predicted molar refractivity (Wildman–Crippen MR) is 14.5 cm³/mol. The quantitative estimate of drug-likeness (QED) is 0.581. The molecule has 0 aromatic rings. The summed E-state index contributed by atoms with van der Waals surface area (Å²) in [5.41, 5.74) is 0. The SMILES string of the molecule is Cl.Cl.[Ti].[Y].[Y]. The van der Waals surface area contributed by atoms with Crippen LogP contribution in [0.4, 0.5) is 0 Å². The van der Waals surface area contributed by atoms with Gasteiger partial charge >= 0.3 is 0 Å². The monoisotopic (exact) mass is 298 g/mol. The van der Waals surface area contributed by atoms with Crippen molar-refractivity contribution in [2.24, 2.45) is 0 Å². The van der Waals surface area contributed by atoms with Crippen molar-refractivity contribution in [1.82, 2.24) is 0 Å². The molecule has 5 heavy (non-hydrogen) atoms. The van der Waals surface area contributed by atoms with Gasteiger partial charge in [-0.1, -0.05) is 0 Å². The van der Waals surface area contributed by atoms with E-state index < -0.39 is 0 Å². The van der Waals surface area contributed by atoms with Crippen molar-refractivity contribution >= 4 is 24.8 Å². The molecular formula is H2Cl2TiY2. The molecule has 2 radical (unpaired) electrons. The van der Waals surface area contributed by atoms with Crippen LogP contribution in [0.2, 0.25) is 0 Å². The second-order valence-corrected chi connectivity index (χ2v) is 0. The maximum atomic E-state index is 0. The molecule has 0 amide bonds. The molecule has 0 bridgehead atoms. The van der Waals surface area contributed by atoms with E-state index in [2.05, 4.69) is 0 Å². The van der Waals surface area contributed by atoms with Gasteiger partial charge in [-0.3, -0.25) is 0 Å². The van der Waals surface area contributed by atoms with Crippen molar-refractivity contribution in [2.45, 2.75) is 0 Å². The second kappa shape index (κ2) is 25.9. The zero-order valence-electron chi connectivity index (χ0n) is 2.47. The van der Waals surface area contributed by atoms with Crippen LogP contribution in [-0.4, -0.2) is 0 Å². The van der Waals surface area contributed by atoms with Crippen LogP contribution >= 0.6 is 24.8 Å². The molecule has 0 atom stereocenters. The third-order valence-electron chi connectivity index (χ3n) is 0. The summed E-state index contributed by atoms with van der Waals surface area (Å²) in [7, 11) is 0. The van der Waals surface area contributed by atoms with Gasteiger partial charge in [0, 0.05) is 87.1 Å². The van der Waals surface area contributed by atoms with Gasteiger partial charge in [-0.25, -0.2) is 0 Å². The zero-order valence-corrected chi connectivity index (χ0v) is 11.3. The van der Waals surface area contributed by atoms with Gasteiger partial charge in [0.2, 0.25) is 0 Å². The van der Waals surface area contributed by atoms with Gasteiger partial charge in [0.1, 0.15) is 0 Å². The fourth-order valence-electron chi connectivity index (χ4n) is 0. The maximum Gasteiger partial charge on any atom is 0 e. The zero-order chi connectivity index (χ0) is 0. The standard InChI is InChI=1S/2ClH.Ti.2Y/h2*1H;;;. The average Bonchev–Trinajstić information content (AvgIpc) is 0. The van der Waals surface area contributed by atoms with E-state index in [0.29, 0.717) is 0 Å². The molecule has 5 heteroatoms. The molecule has 0 unspecified atom stereocenters. The van der Waals surface area contributed by atoms with Gasteiger partial charge < -0.3 is 0 Å². The summed E-state index contributed by atoms with van der Waals surface area (Å²) in [6.07, 6.45) is 0. The molecule has 0 saturated carbocycles. The fraction of sp³-hybridized carbons (Fsp3) is 0. The van der Waals surface area contributed by atoms with E-state index in [1.54, 1.807) is 0 Å². The molecule has 0 heterocycles. The van der Waals surface area contributed by atoms with Crippen LogP contribution in [0.3, 0.4) is 0 Å². The van der Waals surface area contributed by atoms with E-state index in [-0.39, 0.29) is 112 Å². The Morgan fingerprint density at radius 3 is 0.600 bits per heavy atom. The van der Waals surface area contributed by atoms with E-state index in [1.165, 1.54) is 0 Å². The summed E-state index contributed by atoms with van der Waals surface area (Å²) in [5.74, 6) is 0. The Kier molecular flexibility index (Phi) is 202. The molecule has 0 rings (SSSR count). The normalized spacial score (nSPS) is 0. The molecule has 0 nitrogen and oxygen atoms in total. The van der Waals surface area contributed by atoms with E-state index in [1.807, 2.05) is 0 Å². The molecule has 0 aliphatic heterocycles. The van der Waals surface area contributed by atoms with Crippen molar-refractivity contribution in [3.8, 4) is 0 Å². The molecule has 0 aromatic carbocycles. The Morgan fingerprint density at radius 2 is 0.600 bits per heavy atom. The summed E-state index contributed by atoms with van der Waals surface area (Å²) in [6.45, 7) is 0. The summed E-state index contributed by atoms with van der Waals surface area (Å²) in [6, 6.07) is 0. The largest absolute Gasteiger partial charge is 0.147 e. The van der Waals surface area contributed by atoms with Crippen LogP contribution in [0.5, 0.6) is 0 Å². The molecule has 0 aliphatic rings. The van der Waals surface area contributed by atoms with Crippen LogP contribution in [0.1, 0.15) is 0 Å². The minimum absolute atomic E-state index is 0. The fourth-order valence-corrected chi connectivity index (χ4v) is 0. The number of hydrogen-bond acceptors (Lipinski definition) is 0. The molecule has 0 aromatic heterocycles. The minimum Gasteiger partial charge on any atom is -0.147 e. The average molecular weight is 299 g/mol. The van der Waals surface area contributed by atoms with Crippen LogP contribution in [0.25, 0.3) is 0 Å². The van der Waals surface area contributed by atoms with E-state index in [9.17, 15) is 0 Å². The van der Waals surface area contributed by atoms with E-state index in [4.69, 9.17) is 0 Å².